The highest BCUT2D eigenvalue weighted by atomic mass is 19.3. The van der Waals surface area contributed by atoms with Crippen LogP contribution >= 0.6 is 0 Å². The van der Waals surface area contributed by atoms with Gasteiger partial charge in [-0.05, 0) is 169 Å². The third-order valence-corrected chi connectivity index (χ3v) is 22.2. The molecule has 129 heavy (non-hydrogen) atoms. The molecule has 10 unspecified atom stereocenters. The molecule has 2 aliphatic rings. The molecule has 0 aliphatic carbocycles. The number of aromatic nitrogens is 15. The van der Waals surface area contributed by atoms with E-state index in [0.29, 0.717) is 108 Å². The second-order valence-electron chi connectivity index (χ2n) is 31.9. The highest BCUT2D eigenvalue weighted by Gasteiger charge is 2.31. The number of aliphatic carboxylic acids is 1. The first-order chi connectivity index (χ1) is 61.3. The van der Waals surface area contributed by atoms with Crippen molar-refractivity contribution in [1.82, 2.24) is 73.8 Å². The van der Waals surface area contributed by atoms with Crippen molar-refractivity contribution in [3.8, 4) is 56.3 Å². The van der Waals surface area contributed by atoms with E-state index in [1.54, 1.807) is 101 Å². The highest BCUT2D eigenvalue weighted by molar-refractivity contribution is 5.97. The van der Waals surface area contributed by atoms with E-state index in [1.165, 1.54) is 43.2 Å². The molecule has 0 radical (unpaired) electrons. The number of halogens is 10. The number of nitrogen functional groups attached to an aromatic ring is 2. The summed E-state index contributed by atoms with van der Waals surface area (Å²) in [4.78, 5) is 90.7. The van der Waals surface area contributed by atoms with E-state index in [4.69, 9.17) is 26.0 Å². The molecule has 0 aromatic carbocycles. The van der Waals surface area contributed by atoms with Gasteiger partial charge in [0.1, 0.15) is 6.20 Å². The molecule has 2 amide bonds. The Bertz CT molecular complexity index is 5210. The number of ether oxygens (including phenoxy) is 2. The maximum Gasteiger partial charge on any atom is 0.334 e. The van der Waals surface area contributed by atoms with Gasteiger partial charge >= 0.3 is 56.3 Å². The molecule has 0 spiro atoms. The molecule has 12 rings (SSSR count). The number of fused-ring (bicyclic) bond motifs is 8. The van der Waals surface area contributed by atoms with E-state index < -0.39 is 55.4 Å². The number of nitrogens with zero attached hydrogens (tertiary/aromatic N) is 16. The van der Waals surface area contributed by atoms with Crippen molar-refractivity contribution in [3.05, 3.63) is 161 Å². The van der Waals surface area contributed by atoms with Gasteiger partial charge in [-0.15, -0.1) is 0 Å². The van der Waals surface area contributed by atoms with E-state index in [0.717, 1.165) is 87.5 Å². The van der Waals surface area contributed by atoms with Crippen LogP contribution in [0.4, 0.5) is 72.3 Å². The number of aliphatic hydroxyl groups excluding tert-OH is 1. The van der Waals surface area contributed by atoms with E-state index in [2.05, 4.69) is 68.0 Å². The summed E-state index contributed by atoms with van der Waals surface area (Å²) >= 11 is 0. The zero-order chi connectivity index (χ0) is 94.6. The minimum Gasteiger partial charge on any atom is -0.481 e. The first-order valence-corrected chi connectivity index (χ1v) is 42.5. The fourth-order valence-corrected chi connectivity index (χ4v) is 14.6. The molecule has 2 aliphatic heterocycles. The molecule has 10 aromatic heterocycles. The van der Waals surface area contributed by atoms with Crippen LogP contribution in [0.3, 0.4) is 0 Å². The summed E-state index contributed by atoms with van der Waals surface area (Å²) in [5, 5.41) is 54.0. The molecule has 8 N–H and O–H groups in total. The summed E-state index contributed by atoms with van der Waals surface area (Å²) in [6.45, 7) is 7.05. The van der Waals surface area contributed by atoms with Crippen molar-refractivity contribution in [3.63, 3.8) is 0 Å². The first-order valence-electron chi connectivity index (χ1n) is 42.5. The van der Waals surface area contributed by atoms with Gasteiger partial charge in [-0.25, -0.2) is 18.7 Å². The van der Waals surface area contributed by atoms with Gasteiger partial charge in [-0.1, -0.05) is 88.0 Å². The Morgan fingerprint density at radius 3 is 1.16 bits per heavy atom. The Labute approximate surface area is 738 Å². The Kier molecular flexibility index (Phi) is 38.3. The number of carboxylic acid groups (broad SMARTS) is 1. The quantitative estimate of drug-likeness (QED) is 0.0110. The van der Waals surface area contributed by atoms with Gasteiger partial charge in [0.2, 0.25) is 11.8 Å². The number of amides is 2. The number of rotatable bonds is 29. The molecule has 0 saturated heterocycles. The second-order valence-corrected chi connectivity index (χ2v) is 31.9. The Hall–Kier alpha value is -12.6. The maximum atomic E-state index is 13.3. The Balaban J connectivity index is 0.000000199. The fourth-order valence-electron chi connectivity index (χ4n) is 14.6. The number of carbonyl (C=O) groups is 5. The zero-order valence-corrected chi connectivity index (χ0v) is 73.4. The lowest BCUT2D eigenvalue weighted by Crippen LogP contribution is -2.21. The van der Waals surface area contributed by atoms with Crippen molar-refractivity contribution in [2.75, 3.05) is 35.3 Å². The van der Waals surface area contributed by atoms with Gasteiger partial charge < -0.3 is 41.8 Å². The van der Waals surface area contributed by atoms with E-state index >= 15 is 0 Å². The predicted molar refractivity (Wildman–Crippen MR) is 461 cm³/mol. The van der Waals surface area contributed by atoms with Crippen molar-refractivity contribution >= 4 is 58.2 Å². The number of hydrogen-bond donors (Lipinski definition) is 6. The Morgan fingerprint density at radius 1 is 0.457 bits per heavy atom. The fraction of sp³-hybridized carbons (Fsp3) is 0.489. The largest absolute Gasteiger partial charge is 0.481 e. The topological polar surface area (TPSA) is 417 Å². The van der Waals surface area contributed by atoms with Gasteiger partial charge in [0, 0.05) is 93.4 Å². The van der Waals surface area contributed by atoms with Crippen LogP contribution in [0.2, 0.25) is 0 Å². The van der Waals surface area contributed by atoms with Gasteiger partial charge in [-0.3, -0.25) is 59.0 Å². The summed E-state index contributed by atoms with van der Waals surface area (Å²) in [7, 11) is 0. The maximum absolute atomic E-state index is 13.3. The lowest BCUT2D eigenvalue weighted by Gasteiger charge is -2.18. The molecular weight excluding hydrogens is 1700 g/mol. The van der Waals surface area contributed by atoms with Crippen LogP contribution in [0, 0.1) is 39.7 Å². The van der Waals surface area contributed by atoms with E-state index in [9.17, 15) is 83.1 Å². The number of nitro groups is 1. The molecule has 0 saturated carbocycles. The number of hydrogen-bond acceptors (Lipinski definition) is 22. The van der Waals surface area contributed by atoms with Crippen LogP contribution < -0.4 is 22.1 Å². The summed E-state index contributed by atoms with van der Waals surface area (Å²) in [6.07, 6.45) is 23.5. The number of nitrogens with one attached hydrogen (secondary N) is 2. The van der Waals surface area contributed by atoms with Gasteiger partial charge in [0.05, 0.1) is 118 Å². The van der Waals surface area contributed by atoms with Gasteiger partial charge in [0.15, 0.2) is 5.69 Å². The predicted octanol–water partition coefficient (Wildman–Crippen LogP) is 20.4. The molecule has 12 heterocycles. The van der Waals surface area contributed by atoms with Crippen LogP contribution in [-0.2, 0) is 33.4 Å². The van der Waals surface area contributed by atoms with Crippen LogP contribution in [0.1, 0.15) is 263 Å². The minimum absolute atomic E-state index is 0.0219. The SMILES string of the molecule is CC(CCCC(C)c1cc(-c2c(N)cnn2C(F)F)ccn1)C(=O)O.CC1CCCC(C)c2cc(ccn2)-c2c(cnn2C(F)F)NC1=O.CC1CCCC(O)c2cc(ccn2)-c2c(cnn2C(F)F)NC1=O.CCOC(=O)C(C)CCCC(C)c1cc(-c2c(N)cnn2C(F)F)ccn1.CCOC(=O)C(C)CCCC(C)c1cc(-c2c([N+](=O)[O-])cnn2C(F)F)ccn1. The first kappa shape index (κ1) is 102. The van der Waals surface area contributed by atoms with Crippen LogP contribution in [0.5, 0.6) is 0 Å². The number of nitrogens with two attached hydrogens (primary N) is 2. The van der Waals surface area contributed by atoms with Crippen molar-refractivity contribution in [1.29, 1.82) is 0 Å². The number of carboxylic acids is 1. The van der Waals surface area contributed by atoms with Crippen molar-refractivity contribution in [2.45, 2.75) is 235 Å². The molecule has 10 aromatic rings. The average molecular weight is 1810 g/mol. The summed E-state index contributed by atoms with van der Waals surface area (Å²) in [5.74, 6) is -2.49. The normalized spacial score (nSPS) is 16.6. The van der Waals surface area contributed by atoms with E-state index in [1.807, 2.05) is 41.5 Å². The molecular formula is C88H110F10N20O11. The standard InChI is InChI=1S/C19H24F2N4O4.C19H26F2N4O2.C17H22F2N4O2.C17H20F2N4O.C16H18F2N4O2/c1-4-29-18(26)13(3)7-5-6-12(2)15-10-14(8-9-22-15)17-16(25(27)28)11-23-24(17)19(20)21;1-4-27-18(26)13(3)7-5-6-12(2)16-10-14(8-9-23-16)17-15(22)11-24-25(17)19(20)21;1-10(4-3-5-11(2)16(24)25)14-8-12(6-7-21-14)15-13(20)9-22-23(15)17(18)19;1-10-4-3-5-11(2)16(24)22-14-9-21-23(17(18)19)15(14)12-6-7-20-13(10)8-12;1-9-3-2-4-13(23)11-7-10(5-6-19-11)14-12(21-15(9)24)8-20-22(14)16(17)18/h8-13,19H,4-7H2,1-3H3;8-13,19H,4-7,22H2,1-3H3;6-11,17H,3-5,20H2,1-2H3,(H,24,25);6-11,17H,3-5H2,1-2H3,(H,22,24);5-9,13,16,23H,2-4H2,1H3,(H,21,24). The third kappa shape index (κ3) is 28.0. The molecule has 31 nitrogen and oxygen atoms in total. The molecule has 4 bridgehead atoms. The van der Waals surface area contributed by atoms with Gasteiger partial charge in [0.25, 0.3) is 0 Å². The van der Waals surface area contributed by atoms with E-state index in [-0.39, 0.29) is 128 Å². The lowest BCUT2D eigenvalue weighted by molar-refractivity contribution is -0.384. The average Bonchev–Trinajstić information content (AvgIpc) is 1.68. The number of anilines is 4. The molecule has 0 fully saturated rings. The lowest BCUT2D eigenvalue weighted by atomic mass is 9.94. The highest BCUT2D eigenvalue weighted by Crippen LogP contribution is 2.41. The number of esters is 2. The third-order valence-electron chi connectivity index (χ3n) is 22.2. The summed E-state index contributed by atoms with van der Waals surface area (Å²) in [6, 6.07) is 16.4. The molecule has 698 valence electrons. The second kappa shape index (κ2) is 48.5. The molecule has 10 atom stereocenters. The van der Waals surface area contributed by atoms with Crippen LogP contribution in [0.25, 0.3) is 56.3 Å². The number of alkyl halides is 10. The smallest absolute Gasteiger partial charge is 0.334 e. The summed E-state index contributed by atoms with van der Waals surface area (Å²) in [5.41, 5.74) is 18.2. The van der Waals surface area contributed by atoms with Crippen LogP contribution in [-0.4, -0.2) is 132 Å². The van der Waals surface area contributed by atoms with Crippen molar-refractivity contribution < 1.29 is 92.5 Å². The van der Waals surface area contributed by atoms with Crippen LogP contribution in [0.15, 0.2) is 123 Å². The Morgan fingerprint density at radius 2 is 0.775 bits per heavy atom. The number of aliphatic hydroxyl groups is 1. The minimum atomic E-state index is -3.00. The molecule has 41 heteroatoms. The number of carbonyl (C=O) groups excluding carboxylic acids is 4. The van der Waals surface area contributed by atoms with Crippen molar-refractivity contribution in [2.24, 2.45) is 29.6 Å². The summed E-state index contributed by atoms with van der Waals surface area (Å²) < 4.78 is 145. The number of pyridine rings is 5. The van der Waals surface area contributed by atoms with Gasteiger partial charge in [-0.2, -0.15) is 74.1 Å². The monoisotopic (exact) mass is 1810 g/mol. The zero-order valence-electron chi connectivity index (χ0n) is 73.4.